The molecule has 2 aliphatic rings. The fraction of sp³-hybridized carbons (Fsp3) is 0.429. The van der Waals surface area contributed by atoms with Crippen molar-refractivity contribution in [3.63, 3.8) is 0 Å². The monoisotopic (exact) mass is 276 g/mol. The van der Waals surface area contributed by atoms with Crippen LogP contribution >= 0.6 is 0 Å². The zero-order chi connectivity index (χ0) is 14.5. The van der Waals surface area contributed by atoms with Gasteiger partial charge in [-0.2, -0.15) is 0 Å². The fourth-order valence-electron chi connectivity index (χ4n) is 3.24. The first-order valence-corrected chi connectivity index (χ1v) is 6.41. The van der Waals surface area contributed by atoms with Crippen LogP contribution in [0.25, 0.3) is 0 Å². The highest BCUT2D eigenvalue weighted by Gasteiger charge is 2.55. The fourth-order valence-corrected chi connectivity index (χ4v) is 3.24. The Labute approximate surface area is 116 Å². The van der Waals surface area contributed by atoms with E-state index in [1.54, 1.807) is 31.2 Å². The van der Waals surface area contributed by atoms with Crippen molar-refractivity contribution in [2.45, 2.75) is 17.9 Å². The van der Waals surface area contributed by atoms with Crippen LogP contribution in [0.4, 0.5) is 5.69 Å². The molecule has 0 unspecified atom stereocenters. The van der Waals surface area contributed by atoms with Crippen molar-refractivity contribution >= 4 is 17.6 Å². The smallest absolute Gasteiger partial charge is 0.320 e. The second-order valence-electron chi connectivity index (χ2n) is 5.42. The van der Waals surface area contributed by atoms with Crippen LogP contribution in [0, 0.1) is 0 Å². The minimum absolute atomic E-state index is 0.128. The number of carbonyl (C=O) groups excluding carboxylic acids is 1. The molecule has 6 heteroatoms. The Morgan fingerprint density at radius 3 is 2.90 bits per heavy atom. The molecule has 106 valence electrons. The van der Waals surface area contributed by atoms with Crippen LogP contribution in [0.2, 0.25) is 0 Å². The van der Waals surface area contributed by atoms with Crippen LogP contribution < -0.4 is 10.1 Å². The van der Waals surface area contributed by atoms with E-state index in [4.69, 9.17) is 4.74 Å². The minimum atomic E-state index is -0.895. The first-order valence-electron chi connectivity index (χ1n) is 6.41. The average molecular weight is 276 g/mol. The Balaban J connectivity index is 2.08. The van der Waals surface area contributed by atoms with E-state index in [9.17, 15) is 14.7 Å². The maximum Gasteiger partial charge on any atom is 0.320 e. The molecule has 2 atom stereocenters. The number of fused-ring (bicyclic) bond motifs is 2. The summed E-state index contributed by atoms with van der Waals surface area (Å²) in [5, 5.41) is 12.1. The summed E-state index contributed by atoms with van der Waals surface area (Å²) in [6, 6.07) is 4.77. The quantitative estimate of drug-likeness (QED) is 0.830. The molecule has 2 N–H and O–H groups in total. The molecule has 2 heterocycles. The Hall–Kier alpha value is -2.08. The zero-order valence-electron chi connectivity index (χ0n) is 11.3. The zero-order valence-corrected chi connectivity index (χ0v) is 11.3. The van der Waals surface area contributed by atoms with Crippen molar-refractivity contribution in [3.8, 4) is 5.75 Å². The van der Waals surface area contributed by atoms with Gasteiger partial charge < -0.3 is 15.2 Å². The first-order chi connectivity index (χ1) is 9.48. The number of carbonyl (C=O) groups is 2. The SMILES string of the molecule is COc1ccc2c(c1)[C@]1(C[C@@H](C(=O)O)N(C)C1)C(=O)N2. The average Bonchev–Trinajstić information content (AvgIpc) is 2.90. The highest BCUT2D eigenvalue weighted by atomic mass is 16.5. The number of hydrogen-bond donors (Lipinski definition) is 2. The van der Waals surface area contributed by atoms with E-state index in [0.29, 0.717) is 12.3 Å². The second kappa shape index (κ2) is 4.21. The third-order valence-electron chi connectivity index (χ3n) is 4.30. The Kier molecular flexibility index (Phi) is 2.72. The minimum Gasteiger partial charge on any atom is -0.497 e. The molecule has 20 heavy (non-hydrogen) atoms. The first kappa shape index (κ1) is 12.9. The molecular formula is C14H16N2O4. The second-order valence-corrected chi connectivity index (χ2v) is 5.42. The molecule has 0 aromatic heterocycles. The van der Waals surface area contributed by atoms with Gasteiger partial charge in [0.1, 0.15) is 11.8 Å². The number of rotatable bonds is 2. The number of hydrogen-bond acceptors (Lipinski definition) is 4. The van der Waals surface area contributed by atoms with Crippen LogP contribution in [-0.2, 0) is 15.0 Å². The van der Waals surface area contributed by atoms with Crippen molar-refractivity contribution in [1.29, 1.82) is 0 Å². The lowest BCUT2D eigenvalue weighted by atomic mass is 9.79. The van der Waals surface area contributed by atoms with Crippen molar-refractivity contribution in [2.75, 3.05) is 26.0 Å². The van der Waals surface area contributed by atoms with Gasteiger partial charge in [0.25, 0.3) is 0 Å². The summed E-state index contributed by atoms with van der Waals surface area (Å²) in [7, 11) is 3.30. The number of benzene rings is 1. The molecule has 1 aromatic rings. The molecule has 0 radical (unpaired) electrons. The van der Waals surface area contributed by atoms with Gasteiger partial charge in [-0.3, -0.25) is 14.5 Å². The van der Waals surface area contributed by atoms with Crippen LogP contribution in [-0.4, -0.2) is 48.6 Å². The standard InChI is InChI=1S/C14H16N2O4/c1-16-7-14(6-11(16)12(17)18)9-5-8(20-2)3-4-10(9)15-13(14)19/h3-5,11H,6-7H2,1-2H3,(H,15,19)(H,17,18)/t11-,14+/m0/s1. The topological polar surface area (TPSA) is 78.9 Å². The van der Waals surface area contributed by atoms with Gasteiger partial charge in [0, 0.05) is 12.2 Å². The number of anilines is 1. The Bertz CT molecular complexity index is 601. The highest BCUT2D eigenvalue weighted by molar-refractivity contribution is 6.07. The number of amides is 1. The normalized spacial score (nSPS) is 28.5. The number of carboxylic acids is 1. The van der Waals surface area contributed by atoms with Gasteiger partial charge in [-0.1, -0.05) is 0 Å². The lowest BCUT2D eigenvalue weighted by molar-refractivity contribution is -0.141. The third kappa shape index (κ3) is 1.61. The predicted octanol–water partition coefficient (Wildman–Crippen LogP) is 0.674. The molecule has 1 aromatic carbocycles. The number of likely N-dealkylation sites (N-methyl/N-ethyl adjacent to an activating group) is 1. The summed E-state index contributed by atoms with van der Waals surface area (Å²) < 4.78 is 5.21. The summed E-state index contributed by atoms with van der Waals surface area (Å²) >= 11 is 0. The number of aliphatic carboxylic acids is 1. The van der Waals surface area contributed by atoms with E-state index in [0.717, 1.165) is 11.3 Å². The van der Waals surface area contributed by atoms with Gasteiger partial charge in [0.05, 0.1) is 12.5 Å². The van der Waals surface area contributed by atoms with E-state index in [2.05, 4.69) is 5.32 Å². The number of ether oxygens (including phenoxy) is 1. The van der Waals surface area contributed by atoms with E-state index in [-0.39, 0.29) is 12.3 Å². The lowest BCUT2D eigenvalue weighted by Crippen LogP contribution is -2.36. The number of likely N-dealkylation sites (tertiary alicyclic amines) is 1. The molecule has 0 bridgehead atoms. The molecular weight excluding hydrogens is 260 g/mol. The predicted molar refractivity (Wildman–Crippen MR) is 72.0 cm³/mol. The van der Waals surface area contributed by atoms with Crippen LogP contribution in [0.5, 0.6) is 5.75 Å². The largest absolute Gasteiger partial charge is 0.497 e. The van der Waals surface area contributed by atoms with E-state index in [1.807, 2.05) is 6.07 Å². The summed E-state index contributed by atoms with van der Waals surface area (Å²) in [4.78, 5) is 25.4. The molecule has 0 aliphatic carbocycles. The number of carboxylic acid groups (broad SMARTS) is 1. The van der Waals surface area contributed by atoms with E-state index in [1.165, 1.54) is 0 Å². The van der Waals surface area contributed by atoms with Crippen LogP contribution in [0.1, 0.15) is 12.0 Å². The van der Waals surface area contributed by atoms with Gasteiger partial charge in [0.15, 0.2) is 0 Å². The van der Waals surface area contributed by atoms with E-state index < -0.39 is 17.4 Å². The molecule has 1 fully saturated rings. The van der Waals surface area contributed by atoms with Gasteiger partial charge in [-0.25, -0.2) is 0 Å². The van der Waals surface area contributed by atoms with Gasteiger partial charge in [-0.15, -0.1) is 0 Å². The molecule has 1 amide bonds. The summed E-state index contributed by atoms with van der Waals surface area (Å²) in [6.45, 7) is 0.399. The maximum absolute atomic E-state index is 12.4. The third-order valence-corrected chi connectivity index (χ3v) is 4.30. The Morgan fingerprint density at radius 1 is 1.55 bits per heavy atom. The molecule has 2 aliphatic heterocycles. The van der Waals surface area contributed by atoms with Crippen LogP contribution in [0.15, 0.2) is 18.2 Å². The number of nitrogens with one attached hydrogen (secondary N) is 1. The molecule has 6 nitrogen and oxygen atoms in total. The molecule has 0 saturated carbocycles. The summed E-state index contributed by atoms with van der Waals surface area (Å²) in [5.41, 5.74) is 0.787. The van der Waals surface area contributed by atoms with Crippen LogP contribution in [0.3, 0.4) is 0 Å². The summed E-state index contributed by atoms with van der Waals surface area (Å²) in [5.74, 6) is -0.356. The van der Waals surface area contributed by atoms with Gasteiger partial charge in [0.2, 0.25) is 5.91 Å². The number of nitrogens with zero attached hydrogens (tertiary/aromatic N) is 1. The Morgan fingerprint density at radius 2 is 2.30 bits per heavy atom. The molecule has 1 saturated heterocycles. The molecule has 3 rings (SSSR count). The van der Waals surface area contributed by atoms with Gasteiger partial charge in [-0.05, 0) is 37.2 Å². The number of methoxy groups -OCH3 is 1. The molecule has 1 spiro atoms. The van der Waals surface area contributed by atoms with Crippen molar-refractivity contribution in [3.05, 3.63) is 23.8 Å². The summed E-state index contributed by atoms with van der Waals surface area (Å²) in [6.07, 6.45) is 0.283. The highest BCUT2D eigenvalue weighted by Crippen LogP contribution is 2.47. The maximum atomic E-state index is 12.4. The van der Waals surface area contributed by atoms with Crippen molar-refractivity contribution in [1.82, 2.24) is 4.90 Å². The van der Waals surface area contributed by atoms with Gasteiger partial charge >= 0.3 is 5.97 Å². The van der Waals surface area contributed by atoms with Crippen molar-refractivity contribution < 1.29 is 19.4 Å². The lowest BCUT2D eigenvalue weighted by Gasteiger charge is -2.21. The van der Waals surface area contributed by atoms with E-state index >= 15 is 0 Å². The van der Waals surface area contributed by atoms with Crippen molar-refractivity contribution in [2.24, 2.45) is 0 Å².